The van der Waals surface area contributed by atoms with Gasteiger partial charge >= 0.3 is 0 Å². The second-order valence-corrected chi connectivity index (χ2v) is 35.0. The fraction of sp³-hybridized carbons (Fsp3) is 0.337. The highest BCUT2D eigenvalue weighted by molar-refractivity contribution is 7.24. The number of amides is 2. The molecule has 3 aliphatic rings. The summed E-state index contributed by atoms with van der Waals surface area (Å²) in [5.41, 5.74) is 46.2. The Morgan fingerprint density at radius 3 is 1.24 bits per heavy atom. The zero-order valence-corrected chi connectivity index (χ0v) is 72.1. The molecular formula is C83H98N28O5S5. The van der Waals surface area contributed by atoms with Crippen LogP contribution in [0.1, 0.15) is 96.6 Å². The number of pyridine rings is 5. The monoisotopic (exact) mass is 1730 g/mol. The van der Waals surface area contributed by atoms with Crippen LogP contribution in [0.4, 0.5) is 57.5 Å². The number of nitrogens with zero attached hydrogens (tertiary/aromatic N) is 14. The van der Waals surface area contributed by atoms with E-state index < -0.39 is 0 Å². The molecule has 2 atom stereocenters. The van der Waals surface area contributed by atoms with Gasteiger partial charge in [0.25, 0.3) is 0 Å². The van der Waals surface area contributed by atoms with Crippen LogP contribution < -0.4 is 54.8 Å². The standard InChI is InChI=1S/C18H22N6OS.C17H22N6OS.C16H16N6OS.2C16H19N5OS/c1-2-24(18(25)11-3-4-11)8-7-20-13-10-16(19)22-14-9-15(26-17(13)14)12-5-6-21-23-12;1-3-16(24)23(4-2)8-7-19-12-10-15(18)21-13-9-14(25-17(12)13)11-5-6-20-22-11;1-8-10(9(2)23-22-8)7-18-12-6-15(17)20-13-5-14(24-16(12)13)11-3-4-19-21-11;1-9-7-21(8-10(2)22-9)13-6-15(17)19-12-5-14(23-16(12)13)11-3-4-18-20-11;17-15-8-13(19-9-1-3-10(22)4-2-9)16-12(20-15)7-14(23-16)11-5-6-18-21-11/h5-6,9-11H,2-4,7-8H2,1H3,(H,21,23)(H3,19,20,22);5-6,9-10H,3-4,7-8H2,1-2H3,(H,20,22)(H3,18,19,21);3-6H,7H2,1-2H3,(H,19,21)(H3,17,18,20);3-6,9-10H,7-8H2,1-2H3,(H2,17,19)(H,18,20);5-10,22H,1-4H2,(H,18,21)(H3,17,19,20)/t;;;9-,10-;/m...1./s1. The number of hydrogen-bond donors (Lipinski definition) is 15. The molecule has 16 aromatic heterocycles. The molecule has 0 spiro atoms. The van der Waals surface area contributed by atoms with Crippen molar-refractivity contribution in [3.8, 4) is 52.9 Å². The number of aliphatic hydroxyl groups is 1. The highest BCUT2D eigenvalue weighted by atomic mass is 32.1. The van der Waals surface area contributed by atoms with Gasteiger partial charge in [-0.2, -0.15) is 25.5 Å². The number of rotatable bonds is 23. The van der Waals surface area contributed by atoms with E-state index in [-0.39, 0.29) is 36.0 Å². The van der Waals surface area contributed by atoms with E-state index in [0.717, 1.165) is 208 Å². The average Bonchev–Trinajstić information content (AvgIpc) is 1.65. The number of carbonyl (C=O) groups is 2. The van der Waals surface area contributed by atoms with Gasteiger partial charge in [0.05, 0.1) is 156 Å². The number of nitrogen functional groups attached to an aromatic ring is 5. The summed E-state index contributed by atoms with van der Waals surface area (Å²) >= 11 is 8.32. The van der Waals surface area contributed by atoms with Crippen molar-refractivity contribution in [2.24, 2.45) is 5.92 Å². The first-order valence-electron chi connectivity index (χ1n) is 40.2. The van der Waals surface area contributed by atoms with Gasteiger partial charge in [0.2, 0.25) is 11.8 Å². The van der Waals surface area contributed by atoms with E-state index in [9.17, 15) is 14.7 Å². The number of likely N-dealkylation sites (N-methyl/N-ethyl adjacent to an activating group) is 2. The molecule has 2 saturated carbocycles. The topological polar surface area (TPSA) is 485 Å². The second-order valence-electron chi connectivity index (χ2n) is 29.8. The minimum absolute atomic E-state index is 0.149. The third-order valence-corrected chi connectivity index (χ3v) is 26.8. The van der Waals surface area contributed by atoms with Crippen LogP contribution >= 0.6 is 56.7 Å². The lowest BCUT2D eigenvalue weighted by atomic mass is 9.93. The van der Waals surface area contributed by atoms with Crippen molar-refractivity contribution >= 4 is 177 Å². The van der Waals surface area contributed by atoms with Crippen LogP contribution in [-0.4, -0.2) is 184 Å². The zero-order valence-electron chi connectivity index (χ0n) is 68.0. The molecule has 2 aliphatic carbocycles. The maximum Gasteiger partial charge on any atom is 0.225 e. The third kappa shape index (κ3) is 20.2. The van der Waals surface area contributed by atoms with Crippen LogP contribution in [0.25, 0.3) is 104 Å². The van der Waals surface area contributed by atoms with Gasteiger partial charge in [0.15, 0.2) is 0 Å². The normalized spacial score (nSPS) is 15.8. The van der Waals surface area contributed by atoms with Crippen molar-refractivity contribution in [2.75, 3.05) is 107 Å². The minimum atomic E-state index is -0.149. The highest BCUT2D eigenvalue weighted by Gasteiger charge is 2.33. The van der Waals surface area contributed by atoms with Crippen molar-refractivity contribution in [3.05, 3.63) is 139 Å². The van der Waals surface area contributed by atoms with Crippen LogP contribution in [0.2, 0.25) is 0 Å². The lowest BCUT2D eigenvalue weighted by Crippen LogP contribution is -2.45. The molecule has 3 fully saturated rings. The summed E-state index contributed by atoms with van der Waals surface area (Å²) in [6.07, 6.45) is 15.2. The largest absolute Gasteiger partial charge is 0.393 e. The van der Waals surface area contributed by atoms with Crippen molar-refractivity contribution in [1.82, 2.24) is 90.9 Å². The van der Waals surface area contributed by atoms with E-state index in [0.29, 0.717) is 80.8 Å². The summed E-state index contributed by atoms with van der Waals surface area (Å²) in [4.78, 5) is 57.8. The second kappa shape index (κ2) is 38.0. The van der Waals surface area contributed by atoms with E-state index in [1.807, 2.05) is 129 Å². The van der Waals surface area contributed by atoms with Gasteiger partial charge in [0, 0.05) is 144 Å². The summed E-state index contributed by atoms with van der Waals surface area (Å²) < 4.78 is 16.5. The third-order valence-electron chi connectivity index (χ3n) is 20.8. The Bertz CT molecular complexity index is 6090. The number of aliphatic hydroxyl groups excluding tert-OH is 1. The molecule has 0 unspecified atom stereocenters. The molecule has 0 bridgehead atoms. The molecule has 1 saturated heterocycles. The first-order chi connectivity index (χ1) is 58.7. The number of aromatic amines is 5. The summed E-state index contributed by atoms with van der Waals surface area (Å²) in [5, 5.41) is 62.5. The summed E-state index contributed by atoms with van der Waals surface area (Å²) in [5.74, 6) is 4.04. The van der Waals surface area contributed by atoms with Crippen LogP contribution in [0.3, 0.4) is 0 Å². The predicted molar refractivity (Wildman–Crippen MR) is 490 cm³/mol. The number of fused-ring (bicyclic) bond motifs is 5. The molecule has 1 aliphatic heterocycles. The number of nitrogens with one attached hydrogen (secondary N) is 9. The molecule has 19 rings (SSSR count). The van der Waals surface area contributed by atoms with Gasteiger partial charge in [-0.15, -0.1) is 56.7 Å². The van der Waals surface area contributed by atoms with Gasteiger partial charge in [-0.3, -0.25) is 35.1 Å². The molecule has 0 aromatic carbocycles. The fourth-order valence-corrected chi connectivity index (χ4v) is 20.0. The fourth-order valence-electron chi connectivity index (χ4n) is 14.7. The van der Waals surface area contributed by atoms with E-state index in [1.54, 1.807) is 87.7 Å². The Balaban J connectivity index is 0.000000118. The first-order valence-corrected chi connectivity index (χ1v) is 44.3. The quantitative estimate of drug-likeness (QED) is 0.0283. The Morgan fingerprint density at radius 2 is 0.868 bits per heavy atom. The maximum absolute atomic E-state index is 12.2. The smallest absolute Gasteiger partial charge is 0.225 e. The number of hydrogen-bond acceptors (Lipinski definition) is 31. The van der Waals surface area contributed by atoms with E-state index in [1.165, 1.54) is 0 Å². The lowest BCUT2D eigenvalue weighted by Gasteiger charge is -2.37. The summed E-state index contributed by atoms with van der Waals surface area (Å²) in [6.45, 7) is 20.5. The van der Waals surface area contributed by atoms with Crippen LogP contribution in [0, 0.1) is 19.8 Å². The van der Waals surface area contributed by atoms with E-state index >= 15 is 0 Å². The van der Waals surface area contributed by atoms with Crippen LogP contribution in [-0.2, 0) is 20.9 Å². The Labute approximate surface area is 716 Å². The number of thiophene rings is 5. The number of aryl methyl sites for hydroxylation is 2. The number of nitrogens with two attached hydrogens (primary N) is 5. The van der Waals surface area contributed by atoms with Gasteiger partial charge in [-0.25, -0.2) is 24.9 Å². The molecule has 33 nitrogen and oxygen atoms in total. The SMILES string of the molecule is CCC(=O)N(CC)CCNc1cc(N)nc2cc(-c3ccn[nH]3)sc12.CCN(CCNc1cc(N)nc2cc(-c3ccn[nH]3)sc12)C(=O)C1CC1.C[C@@H]1CN(c2cc(N)nc3cc(-c4ccn[nH]4)sc23)C[C@@H](C)O1.Cc1noc(C)c1CNc1cc(N)nc2cc(-c3ccn[nH]3)sc12.Nc1cc(NC2CCC(O)CC2)c2sc(-c3ccn[nH]3)cc2n1. The Hall–Kier alpha value is -12.3. The van der Waals surface area contributed by atoms with Crippen molar-refractivity contribution < 1.29 is 24.0 Å². The number of anilines is 10. The van der Waals surface area contributed by atoms with Gasteiger partial charge in [0.1, 0.15) is 34.8 Å². The molecular weight excluding hydrogens is 1630 g/mol. The number of aromatic nitrogens is 16. The lowest BCUT2D eigenvalue weighted by molar-refractivity contribution is -0.132. The first kappa shape index (κ1) is 83.7. The number of H-pyrrole nitrogens is 5. The van der Waals surface area contributed by atoms with E-state index in [4.69, 9.17) is 37.9 Å². The van der Waals surface area contributed by atoms with Crippen molar-refractivity contribution in [1.29, 1.82) is 0 Å². The predicted octanol–water partition coefficient (Wildman–Crippen LogP) is 15.2. The average molecular weight is 1730 g/mol. The van der Waals surface area contributed by atoms with Crippen LogP contribution in [0.5, 0.6) is 0 Å². The van der Waals surface area contributed by atoms with Crippen molar-refractivity contribution in [2.45, 2.75) is 124 Å². The van der Waals surface area contributed by atoms with Gasteiger partial charge in [-0.05, 0) is 141 Å². The number of ether oxygens (including phenoxy) is 1. The summed E-state index contributed by atoms with van der Waals surface area (Å²) in [6, 6.07) is 29.7. The van der Waals surface area contributed by atoms with E-state index in [2.05, 4.69) is 127 Å². The molecule has 121 heavy (non-hydrogen) atoms. The Kier molecular flexibility index (Phi) is 26.3. The minimum Gasteiger partial charge on any atom is -0.393 e. The Morgan fingerprint density at radius 1 is 0.496 bits per heavy atom. The maximum atomic E-state index is 12.2. The zero-order chi connectivity index (χ0) is 84.4. The number of morpholine rings is 1. The van der Waals surface area contributed by atoms with Gasteiger partial charge < -0.3 is 79.0 Å². The van der Waals surface area contributed by atoms with Crippen LogP contribution in [0.15, 0.2) is 127 Å². The molecule has 16 aromatic rings. The molecule has 0 radical (unpaired) electrons. The van der Waals surface area contributed by atoms with Gasteiger partial charge in [-0.1, -0.05) is 12.1 Å². The molecule has 2 amide bonds. The molecule has 38 heteroatoms. The van der Waals surface area contributed by atoms with Crippen molar-refractivity contribution in [3.63, 3.8) is 0 Å². The molecule has 630 valence electrons. The highest BCUT2D eigenvalue weighted by Crippen LogP contribution is 2.44. The molecule has 20 N–H and O–H groups in total. The number of carbonyl (C=O) groups excluding carboxylic acids is 2. The summed E-state index contributed by atoms with van der Waals surface area (Å²) in [7, 11) is 0. The molecule has 17 heterocycles.